The summed E-state index contributed by atoms with van der Waals surface area (Å²) < 4.78 is 9.79. The van der Waals surface area contributed by atoms with E-state index >= 15 is 0 Å². The molecule has 6 rings (SSSR count). The Labute approximate surface area is 227 Å². The Morgan fingerprint density at radius 2 is 1.58 bits per heavy atom. The van der Waals surface area contributed by atoms with Gasteiger partial charge in [-0.15, -0.1) is 10.2 Å². The fraction of sp³-hybridized carbons (Fsp3) is 0.0741. The predicted octanol–water partition coefficient (Wildman–Crippen LogP) is 6.34. The highest BCUT2D eigenvalue weighted by atomic mass is 35.5. The van der Waals surface area contributed by atoms with Crippen LogP contribution in [0.3, 0.4) is 0 Å². The number of aromatic nitrogens is 7. The molecular weight excluding hydrogens is 520 g/mol. The number of halogens is 1. The van der Waals surface area contributed by atoms with Gasteiger partial charge in [-0.1, -0.05) is 53.2 Å². The van der Waals surface area contributed by atoms with Gasteiger partial charge in [-0.3, -0.25) is 4.57 Å². The van der Waals surface area contributed by atoms with Crippen molar-refractivity contribution in [1.29, 1.82) is 0 Å². The lowest BCUT2D eigenvalue weighted by Gasteiger charge is -2.07. The lowest BCUT2D eigenvalue weighted by atomic mass is 10.1. The van der Waals surface area contributed by atoms with Crippen molar-refractivity contribution >= 4 is 29.5 Å². The molecule has 0 atom stereocenters. The Balaban J connectivity index is 1.45. The van der Waals surface area contributed by atoms with Gasteiger partial charge in [0.15, 0.2) is 5.82 Å². The van der Waals surface area contributed by atoms with Gasteiger partial charge >= 0.3 is 0 Å². The number of rotatable bonds is 7. The number of nitrogens with zero attached hydrogens (tertiary/aromatic N) is 7. The second kappa shape index (κ2) is 10.1. The standard InChI is InChI=1S/C27H21ClN8OS/c1-18-24(25(33-37-18)23-16-30-36(31-23)22-10-6-3-7-11-22)26-32-34(17-29-20-14-12-19(28)13-15-20)27(38)35(26)21-8-4-2-5-9-21/h2-16,29H,17H2,1H3. The summed E-state index contributed by atoms with van der Waals surface area (Å²) in [5.74, 6) is 1.17. The number of anilines is 1. The van der Waals surface area contributed by atoms with Crippen molar-refractivity contribution in [3.05, 3.63) is 107 Å². The molecule has 1 N–H and O–H groups in total. The molecule has 0 radical (unpaired) electrons. The van der Waals surface area contributed by atoms with Gasteiger partial charge in [0.2, 0.25) is 4.77 Å². The van der Waals surface area contributed by atoms with Gasteiger partial charge in [-0.05, 0) is 67.7 Å². The number of benzene rings is 3. The first kappa shape index (κ1) is 23.8. The van der Waals surface area contributed by atoms with Crippen molar-refractivity contribution in [2.45, 2.75) is 13.6 Å². The van der Waals surface area contributed by atoms with Crippen LogP contribution in [0.5, 0.6) is 0 Å². The Morgan fingerprint density at radius 1 is 0.895 bits per heavy atom. The van der Waals surface area contributed by atoms with Crippen LogP contribution in [0.1, 0.15) is 5.76 Å². The van der Waals surface area contributed by atoms with Crippen LogP contribution in [-0.4, -0.2) is 34.5 Å². The van der Waals surface area contributed by atoms with Crippen molar-refractivity contribution in [3.63, 3.8) is 0 Å². The van der Waals surface area contributed by atoms with E-state index in [4.69, 9.17) is 33.4 Å². The maximum absolute atomic E-state index is 6.03. The zero-order chi connectivity index (χ0) is 26.1. The minimum Gasteiger partial charge on any atom is -0.366 e. The molecule has 0 bridgehead atoms. The number of aryl methyl sites for hydroxylation is 1. The minimum atomic E-state index is 0.344. The second-order valence-electron chi connectivity index (χ2n) is 8.44. The zero-order valence-electron chi connectivity index (χ0n) is 20.2. The Bertz CT molecular complexity index is 1750. The van der Waals surface area contributed by atoms with Gasteiger partial charge < -0.3 is 9.84 Å². The molecule has 6 aromatic rings. The molecule has 3 heterocycles. The summed E-state index contributed by atoms with van der Waals surface area (Å²) in [6.45, 7) is 2.19. The molecule has 0 aliphatic heterocycles. The molecule has 3 aromatic heterocycles. The van der Waals surface area contributed by atoms with E-state index in [1.165, 1.54) is 0 Å². The molecule has 3 aromatic carbocycles. The summed E-state index contributed by atoms with van der Waals surface area (Å²) in [6, 6.07) is 27.0. The number of nitrogens with one attached hydrogen (secondary N) is 1. The number of hydrogen-bond acceptors (Lipinski definition) is 7. The van der Waals surface area contributed by atoms with Crippen LogP contribution in [0, 0.1) is 11.7 Å². The van der Waals surface area contributed by atoms with E-state index in [2.05, 4.69) is 20.7 Å². The summed E-state index contributed by atoms with van der Waals surface area (Å²) in [7, 11) is 0. The van der Waals surface area contributed by atoms with E-state index in [1.807, 2.05) is 96.4 Å². The van der Waals surface area contributed by atoms with Gasteiger partial charge in [-0.25, -0.2) is 4.68 Å². The fourth-order valence-corrected chi connectivity index (χ4v) is 4.51. The van der Waals surface area contributed by atoms with Crippen LogP contribution in [0.4, 0.5) is 5.69 Å². The molecule has 0 saturated carbocycles. The van der Waals surface area contributed by atoms with E-state index in [0.29, 0.717) is 45.0 Å². The van der Waals surface area contributed by atoms with Crippen LogP contribution in [0.15, 0.2) is 95.6 Å². The molecule has 0 amide bonds. The monoisotopic (exact) mass is 540 g/mol. The first-order valence-electron chi connectivity index (χ1n) is 11.8. The number of para-hydroxylation sites is 2. The van der Waals surface area contributed by atoms with Crippen LogP contribution in [-0.2, 0) is 6.67 Å². The van der Waals surface area contributed by atoms with Crippen molar-refractivity contribution in [3.8, 4) is 34.2 Å². The predicted molar refractivity (Wildman–Crippen MR) is 148 cm³/mol. The topological polar surface area (TPSA) is 91.5 Å². The summed E-state index contributed by atoms with van der Waals surface area (Å²) in [5.41, 5.74) is 4.37. The van der Waals surface area contributed by atoms with Crippen molar-refractivity contribution in [2.75, 3.05) is 5.32 Å². The molecule has 0 aliphatic rings. The smallest absolute Gasteiger partial charge is 0.204 e. The van der Waals surface area contributed by atoms with E-state index in [-0.39, 0.29) is 0 Å². The zero-order valence-corrected chi connectivity index (χ0v) is 21.8. The van der Waals surface area contributed by atoms with Crippen LogP contribution in [0.25, 0.3) is 34.2 Å². The molecule has 188 valence electrons. The highest BCUT2D eigenvalue weighted by Gasteiger charge is 2.26. The lowest BCUT2D eigenvalue weighted by Crippen LogP contribution is -2.10. The van der Waals surface area contributed by atoms with E-state index < -0.39 is 0 Å². The average molecular weight is 541 g/mol. The highest BCUT2D eigenvalue weighted by Crippen LogP contribution is 2.34. The third-order valence-corrected chi connectivity index (χ3v) is 6.58. The Hall–Kier alpha value is -4.54. The SMILES string of the molecule is Cc1onc(-c2cnn(-c3ccccc3)n2)c1-c1nn(CNc2ccc(Cl)cc2)c(=S)n1-c1ccccc1. The highest BCUT2D eigenvalue weighted by molar-refractivity contribution is 7.71. The first-order chi connectivity index (χ1) is 18.6. The van der Waals surface area contributed by atoms with Gasteiger partial charge in [-0.2, -0.15) is 9.90 Å². The largest absolute Gasteiger partial charge is 0.366 e. The number of hydrogen-bond donors (Lipinski definition) is 1. The van der Waals surface area contributed by atoms with Crippen LogP contribution in [0.2, 0.25) is 5.02 Å². The normalized spacial score (nSPS) is 11.1. The van der Waals surface area contributed by atoms with Gasteiger partial charge in [0.05, 0.1) is 17.4 Å². The van der Waals surface area contributed by atoms with Crippen LogP contribution < -0.4 is 5.32 Å². The molecule has 38 heavy (non-hydrogen) atoms. The third kappa shape index (κ3) is 4.51. The molecule has 11 heteroatoms. The fourth-order valence-electron chi connectivity index (χ4n) is 4.08. The van der Waals surface area contributed by atoms with Crippen molar-refractivity contribution in [2.24, 2.45) is 0 Å². The molecule has 0 saturated heterocycles. The molecule has 0 unspecified atom stereocenters. The maximum atomic E-state index is 6.03. The Kier molecular flexibility index (Phi) is 6.32. The van der Waals surface area contributed by atoms with E-state index in [0.717, 1.165) is 17.1 Å². The first-order valence-corrected chi connectivity index (χ1v) is 12.6. The summed E-state index contributed by atoms with van der Waals surface area (Å²) >= 11 is 11.9. The lowest BCUT2D eigenvalue weighted by molar-refractivity contribution is 0.400. The molecule has 9 nitrogen and oxygen atoms in total. The minimum absolute atomic E-state index is 0.344. The molecule has 0 aliphatic carbocycles. The van der Waals surface area contributed by atoms with Crippen molar-refractivity contribution in [1.82, 2.24) is 34.5 Å². The van der Waals surface area contributed by atoms with E-state index in [1.54, 1.807) is 15.7 Å². The van der Waals surface area contributed by atoms with Gasteiger partial charge in [0.25, 0.3) is 0 Å². The Morgan fingerprint density at radius 3 is 2.29 bits per heavy atom. The summed E-state index contributed by atoms with van der Waals surface area (Å²) in [5, 5.41) is 22.3. The molecule has 0 fully saturated rings. The maximum Gasteiger partial charge on any atom is 0.204 e. The van der Waals surface area contributed by atoms with Crippen LogP contribution >= 0.6 is 23.8 Å². The van der Waals surface area contributed by atoms with Crippen molar-refractivity contribution < 1.29 is 4.52 Å². The second-order valence-corrected chi connectivity index (χ2v) is 9.24. The quantitative estimate of drug-likeness (QED) is 0.236. The summed E-state index contributed by atoms with van der Waals surface area (Å²) in [6.07, 6.45) is 1.66. The van der Waals surface area contributed by atoms with Gasteiger partial charge in [0.1, 0.15) is 23.8 Å². The van der Waals surface area contributed by atoms with Gasteiger partial charge in [0, 0.05) is 16.4 Å². The third-order valence-electron chi connectivity index (χ3n) is 5.94. The van der Waals surface area contributed by atoms with E-state index in [9.17, 15) is 0 Å². The molecular formula is C27H21ClN8OS. The molecule has 0 spiro atoms. The average Bonchev–Trinajstić information content (AvgIpc) is 3.66. The summed E-state index contributed by atoms with van der Waals surface area (Å²) in [4.78, 5) is 1.56.